The molecule has 3 heteroatoms. The summed E-state index contributed by atoms with van der Waals surface area (Å²) in [6, 6.07) is 9.13. The van der Waals surface area contributed by atoms with E-state index >= 15 is 0 Å². The Labute approximate surface area is 112 Å². The number of nitrogens with one attached hydrogen (secondary N) is 1. The molecule has 2 aromatic heterocycles. The summed E-state index contributed by atoms with van der Waals surface area (Å²) in [5.74, 6) is 0.549. The molecule has 2 unspecified atom stereocenters. The van der Waals surface area contributed by atoms with Crippen LogP contribution in [0.3, 0.4) is 0 Å². The third kappa shape index (κ3) is 2.08. The molecule has 1 saturated heterocycles. The molecule has 0 aromatic carbocycles. The Morgan fingerprint density at radius 3 is 2.72 bits per heavy atom. The van der Waals surface area contributed by atoms with Crippen LogP contribution in [0.5, 0.6) is 0 Å². The van der Waals surface area contributed by atoms with Crippen LogP contribution < -0.4 is 5.32 Å². The number of pyridine rings is 1. The lowest BCUT2D eigenvalue weighted by Gasteiger charge is -2.27. The van der Waals surface area contributed by atoms with Gasteiger partial charge in [-0.3, -0.25) is 4.98 Å². The fourth-order valence-corrected chi connectivity index (χ4v) is 3.76. The van der Waals surface area contributed by atoms with E-state index in [-0.39, 0.29) is 5.54 Å². The summed E-state index contributed by atoms with van der Waals surface area (Å²) in [6.07, 6.45) is 4.95. The highest BCUT2D eigenvalue weighted by Crippen LogP contribution is 2.44. The molecule has 0 aliphatic carbocycles. The summed E-state index contributed by atoms with van der Waals surface area (Å²) in [5, 5.41) is 5.93. The maximum Gasteiger partial charge on any atom is 0.0425 e. The van der Waals surface area contributed by atoms with E-state index < -0.39 is 0 Å². The van der Waals surface area contributed by atoms with Crippen LogP contribution in [-0.2, 0) is 0 Å². The molecule has 2 nitrogen and oxygen atoms in total. The van der Waals surface area contributed by atoms with Gasteiger partial charge in [-0.25, -0.2) is 0 Å². The molecular weight excluding hydrogens is 240 g/mol. The third-order valence-electron chi connectivity index (χ3n) is 3.88. The van der Waals surface area contributed by atoms with E-state index in [4.69, 9.17) is 0 Å². The highest BCUT2D eigenvalue weighted by atomic mass is 32.1. The van der Waals surface area contributed by atoms with Gasteiger partial charge in [0.2, 0.25) is 0 Å². The van der Waals surface area contributed by atoms with E-state index in [2.05, 4.69) is 53.8 Å². The lowest BCUT2D eigenvalue weighted by molar-refractivity contribution is 0.398. The first kappa shape index (κ1) is 11.9. The molecule has 1 fully saturated rings. The van der Waals surface area contributed by atoms with Gasteiger partial charge in [-0.05, 0) is 49.4 Å². The first-order valence-corrected chi connectivity index (χ1v) is 7.26. The van der Waals surface area contributed by atoms with Crippen molar-refractivity contribution < 1.29 is 0 Å². The number of aromatic nitrogens is 1. The van der Waals surface area contributed by atoms with E-state index in [0.717, 1.165) is 6.42 Å². The molecular formula is C15H18N2S. The number of rotatable bonds is 2. The number of hydrogen-bond acceptors (Lipinski definition) is 3. The van der Waals surface area contributed by atoms with Crippen LogP contribution in [0.4, 0.5) is 0 Å². The van der Waals surface area contributed by atoms with Gasteiger partial charge in [0.1, 0.15) is 0 Å². The van der Waals surface area contributed by atoms with Crippen LogP contribution in [0.15, 0.2) is 42.0 Å². The number of thiophene rings is 1. The fraction of sp³-hybridized carbons (Fsp3) is 0.400. The quantitative estimate of drug-likeness (QED) is 0.887. The van der Waals surface area contributed by atoms with Gasteiger partial charge in [0, 0.05) is 34.8 Å². The normalized spacial score (nSPS) is 26.3. The average molecular weight is 258 g/mol. The van der Waals surface area contributed by atoms with E-state index in [1.807, 2.05) is 23.7 Å². The molecule has 0 radical (unpaired) electrons. The van der Waals surface area contributed by atoms with E-state index in [1.165, 1.54) is 10.4 Å². The Hall–Kier alpha value is -1.19. The molecule has 0 spiro atoms. The van der Waals surface area contributed by atoms with Crippen molar-refractivity contribution in [3.8, 4) is 0 Å². The molecule has 94 valence electrons. The minimum atomic E-state index is 0.135. The van der Waals surface area contributed by atoms with Crippen LogP contribution in [0, 0.1) is 0 Å². The summed E-state index contributed by atoms with van der Waals surface area (Å²) in [5.41, 5.74) is 1.53. The van der Waals surface area contributed by atoms with Gasteiger partial charge in [0.05, 0.1) is 0 Å². The van der Waals surface area contributed by atoms with Crippen LogP contribution in [0.2, 0.25) is 0 Å². The average Bonchev–Trinajstić information content (AvgIpc) is 2.97. The maximum atomic E-state index is 4.12. The van der Waals surface area contributed by atoms with Crippen molar-refractivity contribution in [1.82, 2.24) is 10.3 Å². The molecule has 2 aromatic rings. The topological polar surface area (TPSA) is 24.9 Å². The third-order valence-corrected chi connectivity index (χ3v) is 4.87. The van der Waals surface area contributed by atoms with E-state index in [9.17, 15) is 0 Å². The lowest BCUT2D eigenvalue weighted by atomic mass is 9.83. The molecule has 1 N–H and O–H groups in total. The van der Waals surface area contributed by atoms with Crippen molar-refractivity contribution >= 4 is 11.3 Å². The summed E-state index contributed by atoms with van der Waals surface area (Å²) in [6.45, 7) is 4.59. The molecule has 3 rings (SSSR count). The van der Waals surface area contributed by atoms with Crippen LogP contribution in [0.25, 0.3) is 0 Å². The SMILES string of the molecule is CC1(C)NC(c2cccs2)CC1c1ccncc1. The number of hydrogen-bond donors (Lipinski definition) is 1. The van der Waals surface area contributed by atoms with E-state index in [0.29, 0.717) is 12.0 Å². The van der Waals surface area contributed by atoms with Gasteiger partial charge in [-0.1, -0.05) is 6.07 Å². The highest BCUT2D eigenvalue weighted by Gasteiger charge is 2.41. The van der Waals surface area contributed by atoms with Gasteiger partial charge in [-0.2, -0.15) is 0 Å². The second-order valence-electron chi connectivity index (χ2n) is 5.50. The van der Waals surface area contributed by atoms with Crippen LogP contribution in [0.1, 0.15) is 42.7 Å². The Morgan fingerprint density at radius 2 is 2.06 bits per heavy atom. The first-order chi connectivity index (χ1) is 8.67. The van der Waals surface area contributed by atoms with Crippen molar-refractivity contribution in [2.45, 2.75) is 37.8 Å². The highest BCUT2D eigenvalue weighted by molar-refractivity contribution is 7.10. The standard InChI is InChI=1S/C15H18N2S/c1-15(2)12(11-5-7-16-8-6-11)10-13(17-15)14-4-3-9-18-14/h3-9,12-13,17H,10H2,1-2H3. The van der Waals surface area contributed by atoms with Crippen molar-refractivity contribution in [1.29, 1.82) is 0 Å². The predicted molar refractivity (Wildman–Crippen MR) is 75.9 cm³/mol. The molecule has 1 aliphatic heterocycles. The van der Waals surface area contributed by atoms with Crippen molar-refractivity contribution in [2.75, 3.05) is 0 Å². The van der Waals surface area contributed by atoms with E-state index in [1.54, 1.807) is 0 Å². The zero-order valence-electron chi connectivity index (χ0n) is 10.8. The number of nitrogens with zero attached hydrogens (tertiary/aromatic N) is 1. The largest absolute Gasteiger partial charge is 0.304 e. The zero-order valence-corrected chi connectivity index (χ0v) is 11.6. The Balaban J connectivity index is 1.88. The molecule has 2 atom stereocenters. The second-order valence-corrected chi connectivity index (χ2v) is 6.48. The summed E-state index contributed by atoms with van der Waals surface area (Å²) < 4.78 is 0. The maximum absolute atomic E-state index is 4.12. The van der Waals surface area contributed by atoms with Crippen molar-refractivity contribution in [3.05, 3.63) is 52.5 Å². The van der Waals surface area contributed by atoms with Crippen LogP contribution in [-0.4, -0.2) is 10.5 Å². The fourth-order valence-electron chi connectivity index (χ4n) is 2.96. The Kier molecular flexibility index (Phi) is 2.96. The second kappa shape index (κ2) is 4.48. The Morgan fingerprint density at radius 1 is 1.28 bits per heavy atom. The summed E-state index contributed by atoms with van der Waals surface area (Å²) in [7, 11) is 0. The zero-order chi connectivity index (χ0) is 12.6. The van der Waals surface area contributed by atoms with Gasteiger partial charge >= 0.3 is 0 Å². The molecule has 3 heterocycles. The smallest absolute Gasteiger partial charge is 0.0425 e. The lowest BCUT2D eigenvalue weighted by Crippen LogP contribution is -2.37. The predicted octanol–water partition coefficient (Wildman–Crippen LogP) is 3.74. The molecule has 1 aliphatic rings. The minimum absolute atomic E-state index is 0.135. The molecule has 0 bridgehead atoms. The first-order valence-electron chi connectivity index (χ1n) is 6.38. The van der Waals surface area contributed by atoms with Crippen LogP contribution >= 0.6 is 11.3 Å². The van der Waals surface area contributed by atoms with Gasteiger partial charge < -0.3 is 5.32 Å². The summed E-state index contributed by atoms with van der Waals surface area (Å²) >= 11 is 1.84. The molecule has 0 amide bonds. The van der Waals surface area contributed by atoms with Crippen molar-refractivity contribution in [2.24, 2.45) is 0 Å². The molecule has 0 saturated carbocycles. The van der Waals surface area contributed by atoms with Gasteiger partial charge in [0.25, 0.3) is 0 Å². The monoisotopic (exact) mass is 258 g/mol. The molecule has 18 heavy (non-hydrogen) atoms. The minimum Gasteiger partial charge on any atom is -0.304 e. The Bertz CT molecular complexity index is 505. The summed E-state index contributed by atoms with van der Waals surface area (Å²) in [4.78, 5) is 5.56. The van der Waals surface area contributed by atoms with Crippen molar-refractivity contribution in [3.63, 3.8) is 0 Å². The van der Waals surface area contributed by atoms with Gasteiger partial charge in [-0.15, -0.1) is 11.3 Å². The van der Waals surface area contributed by atoms with Gasteiger partial charge in [0.15, 0.2) is 0 Å².